The largest absolute Gasteiger partial charge is 0.473 e. The maximum absolute atomic E-state index is 14.7. The highest BCUT2D eigenvalue weighted by molar-refractivity contribution is 7.89. The highest BCUT2D eigenvalue weighted by Crippen LogP contribution is 2.35. The monoisotopic (exact) mass is 520 g/mol. The standard InChI is InChI=1S/C21H22F2N8O4S/c1-10(2)18-27-20(35-29-18)11-3-5-12(6-4-11)34-21-17-19(25-9-26-21)31(30-28-17)13-7-8-14(36(24,32)33)16(23)15(13)22/h7-12H,3-6H2,1-2H3,(H2,24,32,33). The molecule has 3 aromatic heterocycles. The van der Waals surface area contributed by atoms with Gasteiger partial charge in [-0.25, -0.2) is 27.3 Å². The van der Waals surface area contributed by atoms with Crippen LogP contribution in [0.3, 0.4) is 0 Å². The van der Waals surface area contributed by atoms with Crippen molar-refractivity contribution < 1.29 is 26.5 Å². The lowest BCUT2D eigenvalue weighted by Crippen LogP contribution is -2.24. The minimum absolute atomic E-state index is 0.0578. The van der Waals surface area contributed by atoms with Gasteiger partial charge >= 0.3 is 0 Å². The molecule has 2 N–H and O–H groups in total. The Bertz CT molecular complexity index is 1530. The Morgan fingerprint density at radius 2 is 1.89 bits per heavy atom. The quantitative estimate of drug-likeness (QED) is 0.399. The van der Waals surface area contributed by atoms with Crippen LogP contribution in [0, 0.1) is 11.6 Å². The van der Waals surface area contributed by atoms with Crippen LogP contribution in [-0.4, -0.2) is 49.6 Å². The predicted molar refractivity (Wildman–Crippen MR) is 120 cm³/mol. The van der Waals surface area contributed by atoms with Gasteiger partial charge in [-0.1, -0.05) is 24.2 Å². The van der Waals surface area contributed by atoms with Gasteiger partial charge in [0.15, 0.2) is 28.6 Å². The van der Waals surface area contributed by atoms with Gasteiger partial charge in [-0.2, -0.15) is 14.6 Å². The van der Waals surface area contributed by atoms with Gasteiger partial charge in [0.25, 0.3) is 0 Å². The lowest BCUT2D eigenvalue weighted by atomic mass is 9.87. The third-order valence-corrected chi connectivity index (χ3v) is 6.97. The normalized spacial score (nSPS) is 18.7. The van der Waals surface area contributed by atoms with E-state index in [-0.39, 0.29) is 35.0 Å². The fraction of sp³-hybridized carbons (Fsp3) is 0.429. The van der Waals surface area contributed by atoms with Gasteiger partial charge in [0.2, 0.25) is 21.8 Å². The molecular formula is C21H22F2N8O4S. The lowest BCUT2D eigenvalue weighted by molar-refractivity contribution is 0.135. The highest BCUT2D eigenvalue weighted by atomic mass is 32.2. The van der Waals surface area contributed by atoms with Crippen molar-refractivity contribution in [1.82, 2.24) is 35.1 Å². The first kappa shape index (κ1) is 24.1. The first-order chi connectivity index (χ1) is 17.1. The SMILES string of the molecule is CC(C)c1noc(C2CCC(Oc3ncnc4c3nnn4-c3ccc(S(N)(=O)=O)c(F)c3F)CC2)n1. The van der Waals surface area contributed by atoms with Crippen molar-refractivity contribution in [3.8, 4) is 11.6 Å². The Morgan fingerprint density at radius 1 is 1.14 bits per heavy atom. The van der Waals surface area contributed by atoms with Gasteiger partial charge in [0, 0.05) is 11.8 Å². The first-order valence-corrected chi connectivity index (χ1v) is 12.8. The molecule has 0 radical (unpaired) electrons. The third-order valence-electron chi connectivity index (χ3n) is 6.04. The number of hydrogen-bond acceptors (Lipinski definition) is 10. The van der Waals surface area contributed by atoms with Crippen LogP contribution < -0.4 is 9.88 Å². The van der Waals surface area contributed by atoms with Crippen LogP contribution in [0.25, 0.3) is 16.9 Å². The smallest absolute Gasteiger partial charge is 0.247 e. The molecule has 1 aliphatic rings. The van der Waals surface area contributed by atoms with E-state index in [9.17, 15) is 17.2 Å². The van der Waals surface area contributed by atoms with Crippen LogP contribution in [0.2, 0.25) is 0 Å². The first-order valence-electron chi connectivity index (χ1n) is 11.2. The maximum Gasteiger partial charge on any atom is 0.247 e. The van der Waals surface area contributed by atoms with Gasteiger partial charge in [-0.05, 0) is 37.8 Å². The number of fused-ring (bicyclic) bond motifs is 1. The summed E-state index contributed by atoms with van der Waals surface area (Å²) in [6, 6.07) is 1.87. The van der Waals surface area contributed by atoms with Gasteiger partial charge < -0.3 is 9.26 Å². The Kier molecular flexibility index (Phi) is 6.12. The molecular weight excluding hydrogens is 498 g/mol. The van der Waals surface area contributed by atoms with Crippen molar-refractivity contribution >= 4 is 21.2 Å². The zero-order valence-corrected chi connectivity index (χ0v) is 20.1. The van der Waals surface area contributed by atoms with Crippen LogP contribution in [0.5, 0.6) is 5.88 Å². The number of sulfonamides is 1. The van der Waals surface area contributed by atoms with Crippen molar-refractivity contribution in [2.75, 3.05) is 0 Å². The number of halogens is 2. The van der Waals surface area contributed by atoms with Crippen LogP contribution >= 0.6 is 0 Å². The van der Waals surface area contributed by atoms with Crippen molar-refractivity contribution in [2.24, 2.45) is 5.14 Å². The van der Waals surface area contributed by atoms with Crippen LogP contribution in [0.1, 0.15) is 63.1 Å². The fourth-order valence-corrected chi connectivity index (χ4v) is 4.71. The summed E-state index contributed by atoms with van der Waals surface area (Å²) in [5.41, 5.74) is -0.191. The van der Waals surface area contributed by atoms with E-state index in [4.69, 9.17) is 14.4 Å². The summed E-state index contributed by atoms with van der Waals surface area (Å²) in [6.45, 7) is 4.00. The lowest BCUT2D eigenvalue weighted by Gasteiger charge is -2.26. The summed E-state index contributed by atoms with van der Waals surface area (Å²) in [5.74, 6) is -1.28. The average Bonchev–Trinajstić information content (AvgIpc) is 3.49. The molecule has 0 unspecified atom stereocenters. The van der Waals surface area contributed by atoms with Crippen LogP contribution in [0.4, 0.5) is 8.78 Å². The van der Waals surface area contributed by atoms with Crippen molar-refractivity contribution in [2.45, 2.75) is 62.4 Å². The zero-order chi connectivity index (χ0) is 25.6. The van der Waals surface area contributed by atoms with E-state index in [1.54, 1.807) is 0 Å². The number of ether oxygens (including phenoxy) is 1. The molecule has 0 aliphatic heterocycles. The molecule has 3 heterocycles. The molecule has 36 heavy (non-hydrogen) atoms. The van der Waals surface area contributed by atoms with E-state index in [1.165, 1.54) is 6.33 Å². The minimum Gasteiger partial charge on any atom is -0.473 e. The summed E-state index contributed by atoms with van der Waals surface area (Å²) in [5, 5.41) is 16.8. The van der Waals surface area contributed by atoms with Gasteiger partial charge in [-0.3, -0.25) is 0 Å². The molecule has 12 nitrogen and oxygen atoms in total. The molecule has 0 amide bonds. The van der Waals surface area contributed by atoms with E-state index in [0.717, 1.165) is 29.7 Å². The Hall–Kier alpha value is -3.59. The molecule has 1 saturated carbocycles. The zero-order valence-electron chi connectivity index (χ0n) is 19.3. The number of nitrogens with two attached hydrogens (primary N) is 1. The summed E-state index contributed by atoms with van der Waals surface area (Å²) in [4.78, 5) is 11.7. The number of aromatic nitrogens is 7. The predicted octanol–water partition coefficient (Wildman–Crippen LogP) is 2.75. The molecule has 1 aliphatic carbocycles. The topological polar surface area (TPSA) is 165 Å². The van der Waals surface area contributed by atoms with E-state index < -0.39 is 32.2 Å². The van der Waals surface area contributed by atoms with Crippen LogP contribution in [0.15, 0.2) is 27.9 Å². The van der Waals surface area contributed by atoms with E-state index in [1.807, 2.05) is 13.8 Å². The number of benzene rings is 1. The molecule has 4 aromatic rings. The molecule has 1 aromatic carbocycles. The van der Waals surface area contributed by atoms with Crippen LogP contribution in [-0.2, 0) is 10.0 Å². The third kappa shape index (κ3) is 4.39. The Balaban J connectivity index is 1.35. The second-order valence-electron chi connectivity index (χ2n) is 8.85. The van der Waals surface area contributed by atoms with E-state index >= 15 is 0 Å². The number of rotatable bonds is 6. The Morgan fingerprint density at radius 3 is 2.56 bits per heavy atom. The minimum atomic E-state index is -4.45. The van der Waals surface area contributed by atoms with Crippen molar-refractivity contribution in [3.63, 3.8) is 0 Å². The summed E-state index contributed by atoms with van der Waals surface area (Å²) >= 11 is 0. The number of hydrogen-bond donors (Lipinski definition) is 1. The molecule has 15 heteroatoms. The molecule has 1 fully saturated rings. The number of nitrogens with zero attached hydrogens (tertiary/aromatic N) is 7. The highest BCUT2D eigenvalue weighted by Gasteiger charge is 2.29. The second-order valence-corrected chi connectivity index (χ2v) is 10.4. The van der Waals surface area contributed by atoms with Crippen molar-refractivity contribution in [1.29, 1.82) is 0 Å². The second kappa shape index (κ2) is 9.13. The maximum atomic E-state index is 14.7. The molecule has 0 saturated heterocycles. The van der Waals surface area contributed by atoms with Gasteiger partial charge in [-0.15, -0.1) is 5.10 Å². The summed E-state index contributed by atoms with van der Waals surface area (Å²) < 4.78 is 64.4. The molecule has 190 valence electrons. The van der Waals surface area contributed by atoms with Crippen molar-refractivity contribution in [3.05, 3.63) is 41.8 Å². The Labute approximate surface area is 203 Å². The molecule has 0 bridgehead atoms. The number of primary sulfonamides is 1. The molecule has 5 rings (SSSR count). The van der Waals surface area contributed by atoms with Gasteiger partial charge in [0.1, 0.15) is 23.0 Å². The van der Waals surface area contributed by atoms with Gasteiger partial charge in [0.05, 0.1) is 0 Å². The summed E-state index contributed by atoms with van der Waals surface area (Å²) in [7, 11) is -4.45. The average molecular weight is 521 g/mol. The summed E-state index contributed by atoms with van der Waals surface area (Å²) in [6.07, 6.45) is 4.01. The van der Waals surface area contributed by atoms with E-state index in [0.29, 0.717) is 24.6 Å². The molecule has 0 atom stereocenters. The fourth-order valence-electron chi connectivity index (χ4n) is 4.11. The molecule has 0 spiro atoms. The van der Waals surface area contributed by atoms with E-state index in [2.05, 4.69) is 30.4 Å².